The topological polar surface area (TPSA) is 65.1 Å². The maximum absolute atomic E-state index is 12.5. The van der Waals surface area contributed by atoms with Crippen molar-refractivity contribution < 1.29 is 23.8 Å². The second kappa shape index (κ2) is 7.60. The van der Waals surface area contributed by atoms with E-state index < -0.39 is 11.9 Å². The van der Waals surface area contributed by atoms with Gasteiger partial charge in [0, 0.05) is 4.47 Å². The largest absolute Gasteiger partial charge is 0.465 e. The fourth-order valence-electron chi connectivity index (χ4n) is 3.30. The summed E-state index contributed by atoms with van der Waals surface area (Å²) in [6, 6.07) is 17.7. The Morgan fingerprint density at radius 3 is 2.28 bits per heavy atom. The van der Waals surface area contributed by atoms with Crippen molar-refractivity contribution in [2.75, 3.05) is 19.1 Å². The number of hydrogen-bond acceptors (Lipinski definition) is 6. The first kappa shape index (κ1) is 19.0. The third kappa shape index (κ3) is 3.23. The third-order valence-electron chi connectivity index (χ3n) is 4.56. The zero-order chi connectivity index (χ0) is 20.5. The summed E-state index contributed by atoms with van der Waals surface area (Å²) in [5.74, 6) is 0.0566. The van der Waals surface area contributed by atoms with Gasteiger partial charge < -0.3 is 19.1 Å². The SMILES string of the molecule is COC(=O)c1ccccc1N1c2ccc(Br)cc2Oc2cccc(C(=O)OC)c21. The van der Waals surface area contributed by atoms with Gasteiger partial charge in [0.2, 0.25) is 0 Å². The lowest BCUT2D eigenvalue weighted by Crippen LogP contribution is -2.21. The van der Waals surface area contributed by atoms with Crippen molar-refractivity contribution in [3.05, 3.63) is 76.3 Å². The van der Waals surface area contributed by atoms with E-state index >= 15 is 0 Å². The summed E-state index contributed by atoms with van der Waals surface area (Å²) >= 11 is 3.46. The lowest BCUT2D eigenvalue weighted by atomic mass is 10.0. The van der Waals surface area contributed by atoms with Gasteiger partial charge in [-0.2, -0.15) is 0 Å². The molecule has 0 spiro atoms. The van der Waals surface area contributed by atoms with Crippen molar-refractivity contribution in [3.63, 3.8) is 0 Å². The predicted molar refractivity (Wildman–Crippen MR) is 112 cm³/mol. The molecule has 1 aliphatic rings. The second-order valence-electron chi connectivity index (χ2n) is 6.20. The summed E-state index contributed by atoms with van der Waals surface area (Å²) in [4.78, 5) is 26.8. The smallest absolute Gasteiger partial charge is 0.340 e. The average Bonchev–Trinajstić information content (AvgIpc) is 2.75. The fourth-order valence-corrected chi connectivity index (χ4v) is 3.64. The summed E-state index contributed by atoms with van der Waals surface area (Å²) < 4.78 is 16.9. The number of nitrogens with zero attached hydrogens (tertiary/aromatic N) is 1. The van der Waals surface area contributed by atoms with Crippen molar-refractivity contribution in [2.24, 2.45) is 0 Å². The van der Waals surface area contributed by atoms with E-state index in [0.29, 0.717) is 39.7 Å². The average molecular weight is 454 g/mol. The quantitative estimate of drug-likeness (QED) is 0.376. The Balaban J connectivity index is 2.05. The maximum Gasteiger partial charge on any atom is 0.340 e. The highest BCUT2D eigenvalue weighted by Crippen LogP contribution is 2.53. The van der Waals surface area contributed by atoms with Crippen molar-refractivity contribution in [1.82, 2.24) is 0 Å². The number of ether oxygens (including phenoxy) is 3. The number of methoxy groups -OCH3 is 2. The minimum absolute atomic E-state index is 0.318. The number of anilines is 3. The molecule has 0 N–H and O–H groups in total. The van der Waals surface area contributed by atoms with Crippen LogP contribution < -0.4 is 9.64 Å². The number of hydrogen-bond donors (Lipinski definition) is 0. The molecule has 0 aromatic heterocycles. The number of rotatable bonds is 3. The van der Waals surface area contributed by atoms with Crippen molar-refractivity contribution in [1.29, 1.82) is 0 Å². The van der Waals surface area contributed by atoms with Gasteiger partial charge >= 0.3 is 11.9 Å². The standard InChI is InChI=1S/C22H16BrNO5/c1-27-21(25)14-6-3-4-8-16(14)24-17-11-10-13(23)12-19(17)29-18-9-5-7-15(20(18)24)22(26)28-2/h3-12H,1-2H3. The molecule has 0 aliphatic carbocycles. The molecule has 0 radical (unpaired) electrons. The van der Waals surface area contributed by atoms with Crippen LogP contribution in [0.2, 0.25) is 0 Å². The van der Waals surface area contributed by atoms with Gasteiger partial charge in [0.1, 0.15) is 5.69 Å². The molecule has 0 amide bonds. The molecule has 3 aromatic carbocycles. The molecule has 0 saturated heterocycles. The summed E-state index contributed by atoms with van der Waals surface area (Å²) in [7, 11) is 2.65. The molecular formula is C22H16BrNO5. The number of benzene rings is 3. The summed E-state index contributed by atoms with van der Waals surface area (Å²) in [6.07, 6.45) is 0. The van der Waals surface area contributed by atoms with E-state index in [1.165, 1.54) is 14.2 Å². The lowest BCUT2D eigenvalue weighted by Gasteiger charge is -2.34. The van der Waals surface area contributed by atoms with Crippen LogP contribution in [0.15, 0.2) is 65.1 Å². The highest BCUT2D eigenvalue weighted by Gasteiger charge is 2.32. The zero-order valence-electron chi connectivity index (χ0n) is 15.6. The Kier molecular flexibility index (Phi) is 4.98. The summed E-state index contributed by atoms with van der Waals surface area (Å²) in [6.45, 7) is 0. The van der Waals surface area contributed by atoms with Gasteiger partial charge in [-0.3, -0.25) is 0 Å². The molecule has 1 aliphatic heterocycles. The molecule has 0 bridgehead atoms. The van der Waals surface area contributed by atoms with Crippen LogP contribution in [0.4, 0.5) is 17.1 Å². The monoisotopic (exact) mass is 453 g/mol. The van der Waals surface area contributed by atoms with Gasteiger partial charge in [-0.15, -0.1) is 0 Å². The molecule has 0 fully saturated rings. The van der Waals surface area contributed by atoms with Crippen molar-refractivity contribution in [2.45, 2.75) is 0 Å². The van der Waals surface area contributed by atoms with Crippen LogP contribution >= 0.6 is 15.9 Å². The van der Waals surface area contributed by atoms with Crippen molar-refractivity contribution >= 4 is 44.9 Å². The molecule has 6 nitrogen and oxygen atoms in total. The van der Waals surface area contributed by atoms with Crippen LogP contribution in [0.1, 0.15) is 20.7 Å². The van der Waals surface area contributed by atoms with Crippen LogP contribution in [0.25, 0.3) is 0 Å². The Hall–Kier alpha value is -3.32. The number of carbonyl (C=O) groups is 2. The predicted octanol–water partition coefficient (Wildman–Crippen LogP) is 5.60. The van der Waals surface area contributed by atoms with Crippen LogP contribution in [0.3, 0.4) is 0 Å². The zero-order valence-corrected chi connectivity index (χ0v) is 17.2. The minimum atomic E-state index is -0.508. The normalized spacial score (nSPS) is 11.8. The number of halogens is 1. The second-order valence-corrected chi connectivity index (χ2v) is 7.12. The Bertz CT molecular complexity index is 1130. The number of esters is 2. The first-order valence-electron chi connectivity index (χ1n) is 8.71. The van der Waals surface area contributed by atoms with E-state index in [9.17, 15) is 9.59 Å². The molecule has 146 valence electrons. The molecule has 3 aromatic rings. The molecule has 29 heavy (non-hydrogen) atoms. The van der Waals surface area contributed by atoms with Crippen LogP contribution in [0.5, 0.6) is 11.5 Å². The van der Waals surface area contributed by atoms with Gasteiger partial charge in [0.25, 0.3) is 0 Å². The first-order chi connectivity index (χ1) is 14.0. The number of carbonyl (C=O) groups excluding carboxylic acids is 2. The molecule has 1 heterocycles. The Morgan fingerprint density at radius 2 is 1.52 bits per heavy atom. The van der Waals surface area contributed by atoms with E-state index in [2.05, 4.69) is 15.9 Å². The van der Waals surface area contributed by atoms with E-state index in [1.54, 1.807) is 36.4 Å². The Labute approximate surface area is 175 Å². The van der Waals surface area contributed by atoms with E-state index in [4.69, 9.17) is 14.2 Å². The number of fused-ring (bicyclic) bond motifs is 2. The minimum Gasteiger partial charge on any atom is -0.465 e. The highest BCUT2D eigenvalue weighted by atomic mass is 79.9. The third-order valence-corrected chi connectivity index (χ3v) is 5.05. The van der Waals surface area contributed by atoms with Gasteiger partial charge in [0.15, 0.2) is 11.5 Å². The van der Waals surface area contributed by atoms with Gasteiger partial charge in [-0.05, 0) is 42.5 Å². The van der Waals surface area contributed by atoms with E-state index in [0.717, 1.165) is 4.47 Å². The fraction of sp³-hybridized carbons (Fsp3) is 0.0909. The van der Waals surface area contributed by atoms with E-state index in [-0.39, 0.29) is 0 Å². The molecular weight excluding hydrogens is 438 g/mol. The van der Waals surface area contributed by atoms with Crippen molar-refractivity contribution in [3.8, 4) is 11.5 Å². The Morgan fingerprint density at radius 1 is 0.828 bits per heavy atom. The molecule has 0 unspecified atom stereocenters. The summed E-state index contributed by atoms with van der Waals surface area (Å²) in [5.41, 5.74) is 2.40. The van der Waals surface area contributed by atoms with Gasteiger partial charge in [0.05, 0.1) is 36.7 Å². The molecule has 0 saturated carbocycles. The van der Waals surface area contributed by atoms with Crippen LogP contribution in [-0.4, -0.2) is 26.2 Å². The summed E-state index contributed by atoms with van der Waals surface area (Å²) in [5, 5.41) is 0. The van der Waals surface area contributed by atoms with Crippen LogP contribution in [-0.2, 0) is 9.47 Å². The maximum atomic E-state index is 12.5. The van der Waals surface area contributed by atoms with Gasteiger partial charge in [-0.1, -0.05) is 34.1 Å². The van der Waals surface area contributed by atoms with Gasteiger partial charge in [-0.25, -0.2) is 9.59 Å². The van der Waals surface area contributed by atoms with Crippen LogP contribution in [0, 0.1) is 0 Å². The molecule has 0 atom stereocenters. The molecule has 4 rings (SSSR count). The van der Waals surface area contributed by atoms with E-state index in [1.807, 2.05) is 29.2 Å². The number of para-hydroxylation sites is 2. The highest BCUT2D eigenvalue weighted by molar-refractivity contribution is 9.10. The lowest BCUT2D eigenvalue weighted by molar-refractivity contribution is 0.0593. The molecule has 7 heteroatoms. The first-order valence-corrected chi connectivity index (χ1v) is 9.50.